The van der Waals surface area contributed by atoms with Gasteiger partial charge in [-0.3, -0.25) is 4.79 Å². The van der Waals surface area contributed by atoms with E-state index in [4.69, 9.17) is 4.74 Å². The number of ether oxygens (including phenoxy) is 1. The average molecular weight is 373 g/mol. The second kappa shape index (κ2) is 9.09. The molecule has 2 heterocycles. The lowest BCUT2D eigenvalue weighted by Crippen LogP contribution is -2.40. The summed E-state index contributed by atoms with van der Waals surface area (Å²) in [6.07, 6.45) is 7.03. The van der Waals surface area contributed by atoms with Crippen molar-refractivity contribution in [3.63, 3.8) is 0 Å². The SMILES string of the molecule is CC(C)(C)C(=O)N1CCc2ccc(OCCCN3CCCCC3)cc2CC1. The number of piperidine rings is 1. The monoisotopic (exact) mass is 372 g/mol. The van der Waals surface area contributed by atoms with E-state index in [1.54, 1.807) is 0 Å². The zero-order valence-electron chi connectivity index (χ0n) is 17.4. The van der Waals surface area contributed by atoms with Crippen LogP contribution in [-0.2, 0) is 17.6 Å². The molecule has 1 aromatic rings. The molecule has 1 fully saturated rings. The molecule has 0 N–H and O–H groups in total. The van der Waals surface area contributed by atoms with Gasteiger partial charge in [0.15, 0.2) is 0 Å². The van der Waals surface area contributed by atoms with Crippen molar-refractivity contribution in [2.24, 2.45) is 5.41 Å². The molecule has 3 rings (SSSR count). The molecule has 0 atom stereocenters. The lowest BCUT2D eigenvalue weighted by atomic mass is 9.94. The van der Waals surface area contributed by atoms with Gasteiger partial charge in [0.2, 0.25) is 5.91 Å². The average Bonchev–Trinajstić information content (AvgIpc) is 2.87. The van der Waals surface area contributed by atoms with Gasteiger partial charge in [-0.25, -0.2) is 0 Å². The summed E-state index contributed by atoms with van der Waals surface area (Å²) in [7, 11) is 0. The highest BCUT2D eigenvalue weighted by Gasteiger charge is 2.28. The van der Waals surface area contributed by atoms with Crippen molar-refractivity contribution < 1.29 is 9.53 Å². The Balaban J connectivity index is 1.49. The maximum absolute atomic E-state index is 12.6. The third-order valence-corrected chi connectivity index (χ3v) is 5.74. The number of hydrogen-bond donors (Lipinski definition) is 0. The molecule has 4 heteroatoms. The molecule has 2 aliphatic rings. The molecule has 1 saturated heterocycles. The minimum Gasteiger partial charge on any atom is -0.494 e. The predicted molar refractivity (Wildman–Crippen MR) is 110 cm³/mol. The van der Waals surface area contributed by atoms with Crippen LogP contribution in [0.1, 0.15) is 57.6 Å². The Morgan fingerprint density at radius 2 is 1.70 bits per heavy atom. The van der Waals surface area contributed by atoms with E-state index >= 15 is 0 Å². The summed E-state index contributed by atoms with van der Waals surface area (Å²) in [5.74, 6) is 1.23. The molecule has 0 spiro atoms. The van der Waals surface area contributed by atoms with Gasteiger partial charge in [0.1, 0.15) is 5.75 Å². The maximum atomic E-state index is 12.6. The minimum absolute atomic E-state index is 0.254. The first-order valence-corrected chi connectivity index (χ1v) is 10.7. The molecule has 1 amide bonds. The van der Waals surface area contributed by atoms with Crippen molar-refractivity contribution in [3.8, 4) is 5.75 Å². The number of likely N-dealkylation sites (tertiary alicyclic amines) is 1. The van der Waals surface area contributed by atoms with Crippen LogP contribution in [0.5, 0.6) is 5.75 Å². The fourth-order valence-electron chi connectivity index (χ4n) is 4.13. The summed E-state index contributed by atoms with van der Waals surface area (Å²) in [6.45, 7) is 12.1. The predicted octanol–water partition coefficient (Wildman–Crippen LogP) is 3.91. The Kier molecular flexibility index (Phi) is 6.80. The molecule has 1 aromatic carbocycles. The normalized spacial score (nSPS) is 18.7. The number of nitrogens with zero attached hydrogens (tertiary/aromatic N) is 2. The number of carbonyl (C=O) groups is 1. The molecule has 0 radical (unpaired) electrons. The van der Waals surface area contributed by atoms with Crippen LogP contribution in [0.2, 0.25) is 0 Å². The smallest absolute Gasteiger partial charge is 0.227 e. The number of rotatable bonds is 5. The molecule has 0 aromatic heterocycles. The summed E-state index contributed by atoms with van der Waals surface area (Å²) in [5, 5.41) is 0. The van der Waals surface area contributed by atoms with E-state index in [2.05, 4.69) is 23.1 Å². The zero-order chi connectivity index (χ0) is 19.3. The van der Waals surface area contributed by atoms with Crippen molar-refractivity contribution in [1.29, 1.82) is 0 Å². The molecule has 27 heavy (non-hydrogen) atoms. The summed E-state index contributed by atoms with van der Waals surface area (Å²) in [5.41, 5.74) is 2.40. The fourth-order valence-corrected chi connectivity index (χ4v) is 4.13. The van der Waals surface area contributed by atoms with Crippen LogP contribution in [0, 0.1) is 5.41 Å². The highest BCUT2D eigenvalue weighted by Crippen LogP contribution is 2.25. The Bertz CT molecular complexity index is 630. The van der Waals surface area contributed by atoms with Gasteiger partial charge in [-0.05, 0) is 68.5 Å². The second-order valence-corrected chi connectivity index (χ2v) is 9.08. The number of carbonyl (C=O) groups excluding carboxylic acids is 1. The van der Waals surface area contributed by atoms with Gasteiger partial charge in [-0.2, -0.15) is 0 Å². The third-order valence-electron chi connectivity index (χ3n) is 5.74. The topological polar surface area (TPSA) is 32.8 Å². The fraction of sp³-hybridized carbons (Fsp3) is 0.696. The molecule has 0 aliphatic carbocycles. The Hall–Kier alpha value is -1.55. The van der Waals surface area contributed by atoms with E-state index in [1.807, 2.05) is 25.7 Å². The van der Waals surface area contributed by atoms with Crippen molar-refractivity contribution in [3.05, 3.63) is 29.3 Å². The molecule has 150 valence electrons. The van der Waals surface area contributed by atoms with Crippen molar-refractivity contribution in [1.82, 2.24) is 9.80 Å². The van der Waals surface area contributed by atoms with Crippen molar-refractivity contribution in [2.75, 3.05) is 39.3 Å². The molecule has 0 unspecified atom stereocenters. The van der Waals surface area contributed by atoms with E-state index in [1.165, 1.54) is 43.5 Å². The lowest BCUT2D eigenvalue weighted by Gasteiger charge is -2.28. The first-order valence-electron chi connectivity index (χ1n) is 10.7. The van der Waals surface area contributed by atoms with Crippen LogP contribution >= 0.6 is 0 Å². The van der Waals surface area contributed by atoms with Crippen molar-refractivity contribution >= 4 is 5.91 Å². The van der Waals surface area contributed by atoms with Gasteiger partial charge in [0.25, 0.3) is 0 Å². The first kappa shape index (κ1) is 20.2. The van der Waals surface area contributed by atoms with Crippen LogP contribution in [0.15, 0.2) is 18.2 Å². The summed E-state index contributed by atoms with van der Waals surface area (Å²) in [6, 6.07) is 6.49. The number of benzene rings is 1. The van der Waals surface area contributed by atoms with Crippen LogP contribution < -0.4 is 4.74 Å². The zero-order valence-corrected chi connectivity index (χ0v) is 17.4. The minimum atomic E-state index is -0.306. The van der Waals surface area contributed by atoms with Crippen LogP contribution in [0.3, 0.4) is 0 Å². The van der Waals surface area contributed by atoms with Crippen LogP contribution in [0.25, 0.3) is 0 Å². The van der Waals surface area contributed by atoms with Gasteiger partial charge in [0.05, 0.1) is 6.61 Å². The van der Waals surface area contributed by atoms with E-state index in [-0.39, 0.29) is 11.3 Å². The van der Waals surface area contributed by atoms with Gasteiger partial charge in [0, 0.05) is 25.0 Å². The van der Waals surface area contributed by atoms with E-state index < -0.39 is 0 Å². The Labute approximate surface area is 164 Å². The standard InChI is InChI=1S/C23H36N2O2/c1-23(2,3)22(26)25-15-10-19-8-9-21(18-20(19)11-16-25)27-17-7-14-24-12-5-4-6-13-24/h8-9,18H,4-7,10-17H2,1-3H3. The highest BCUT2D eigenvalue weighted by atomic mass is 16.5. The lowest BCUT2D eigenvalue weighted by molar-refractivity contribution is -0.139. The summed E-state index contributed by atoms with van der Waals surface area (Å²) >= 11 is 0. The van der Waals surface area contributed by atoms with Crippen LogP contribution in [0.4, 0.5) is 0 Å². The molecule has 2 aliphatic heterocycles. The van der Waals surface area contributed by atoms with Crippen molar-refractivity contribution in [2.45, 2.75) is 59.3 Å². The number of fused-ring (bicyclic) bond motifs is 1. The third kappa shape index (κ3) is 5.71. The van der Waals surface area contributed by atoms with Gasteiger partial charge < -0.3 is 14.5 Å². The number of amides is 1. The van der Waals surface area contributed by atoms with Gasteiger partial charge in [-0.1, -0.05) is 33.3 Å². The summed E-state index contributed by atoms with van der Waals surface area (Å²) < 4.78 is 6.03. The quantitative estimate of drug-likeness (QED) is 0.735. The Morgan fingerprint density at radius 1 is 1.00 bits per heavy atom. The molecule has 0 bridgehead atoms. The Morgan fingerprint density at radius 3 is 2.41 bits per heavy atom. The maximum Gasteiger partial charge on any atom is 0.227 e. The van der Waals surface area contributed by atoms with Gasteiger partial charge >= 0.3 is 0 Å². The first-order chi connectivity index (χ1) is 12.9. The molecular formula is C23H36N2O2. The largest absolute Gasteiger partial charge is 0.494 e. The molecular weight excluding hydrogens is 336 g/mol. The van der Waals surface area contributed by atoms with E-state index in [9.17, 15) is 4.79 Å². The highest BCUT2D eigenvalue weighted by molar-refractivity contribution is 5.81. The number of hydrogen-bond acceptors (Lipinski definition) is 3. The van der Waals surface area contributed by atoms with Gasteiger partial charge in [-0.15, -0.1) is 0 Å². The van der Waals surface area contributed by atoms with E-state index in [0.29, 0.717) is 0 Å². The van der Waals surface area contributed by atoms with Crippen LogP contribution in [-0.4, -0.2) is 55.0 Å². The summed E-state index contributed by atoms with van der Waals surface area (Å²) in [4.78, 5) is 17.2. The second-order valence-electron chi connectivity index (χ2n) is 9.08. The van der Waals surface area contributed by atoms with E-state index in [0.717, 1.165) is 51.3 Å². The molecule has 4 nitrogen and oxygen atoms in total. The molecule has 0 saturated carbocycles.